The molecule has 0 aliphatic rings. The van der Waals surface area contributed by atoms with Crippen LogP contribution in [0.3, 0.4) is 0 Å². The second kappa shape index (κ2) is 8.26. The van der Waals surface area contributed by atoms with Gasteiger partial charge in [0.15, 0.2) is 0 Å². The summed E-state index contributed by atoms with van der Waals surface area (Å²) in [6.07, 6.45) is 1.15. The molecule has 14 heavy (non-hydrogen) atoms. The minimum Gasteiger partial charge on any atom is -0.483 e. The van der Waals surface area contributed by atoms with E-state index in [4.69, 9.17) is 9.90 Å². The second-order valence-electron chi connectivity index (χ2n) is 3.14. The maximum atomic E-state index is 8.36. The topological polar surface area (TPSA) is 40.5 Å². The molecule has 0 aliphatic heterocycles. The minimum atomic E-state index is -0.250. The van der Waals surface area contributed by atoms with Crippen LogP contribution in [0.15, 0.2) is 30.3 Å². The fraction of sp³-hybridized carbons (Fsp3) is 0.364. The van der Waals surface area contributed by atoms with Crippen molar-refractivity contribution in [2.45, 2.75) is 6.42 Å². The summed E-state index contributed by atoms with van der Waals surface area (Å²) in [7, 11) is 4.20. The van der Waals surface area contributed by atoms with Gasteiger partial charge in [-0.2, -0.15) is 0 Å². The Hall–Kier alpha value is -1.35. The molecule has 1 aromatic carbocycles. The van der Waals surface area contributed by atoms with Gasteiger partial charge in [0.2, 0.25) is 0 Å². The van der Waals surface area contributed by atoms with Gasteiger partial charge >= 0.3 is 0 Å². The molecule has 1 rings (SSSR count). The zero-order chi connectivity index (χ0) is 10.8. The lowest BCUT2D eigenvalue weighted by molar-refractivity contribution is -0.122. The van der Waals surface area contributed by atoms with E-state index in [2.05, 4.69) is 49.3 Å². The smallest absolute Gasteiger partial charge is 0.290 e. The molecule has 0 heterocycles. The molecule has 0 atom stereocenters. The fourth-order valence-corrected chi connectivity index (χ4v) is 0.997. The van der Waals surface area contributed by atoms with Crippen molar-refractivity contribution in [3.63, 3.8) is 0 Å². The van der Waals surface area contributed by atoms with E-state index in [0.29, 0.717) is 0 Å². The lowest BCUT2D eigenvalue weighted by Gasteiger charge is -2.08. The summed E-state index contributed by atoms with van der Waals surface area (Å²) in [6.45, 7) is 0.879. The van der Waals surface area contributed by atoms with Crippen LogP contribution in [0, 0.1) is 0 Å². The van der Waals surface area contributed by atoms with Crippen LogP contribution in [0.1, 0.15) is 5.56 Å². The maximum absolute atomic E-state index is 8.36. The molecule has 0 fully saturated rings. The number of benzene rings is 1. The average Bonchev–Trinajstić information content (AvgIpc) is 2.18. The molecule has 0 saturated heterocycles. The zero-order valence-electron chi connectivity index (χ0n) is 8.68. The molecule has 0 radical (unpaired) electrons. The Morgan fingerprint density at radius 3 is 2.21 bits per heavy atom. The van der Waals surface area contributed by atoms with E-state index in [0.717, 1.165) is 13.0 Å². The summed E-state index contributed by atoms with van der Waals surface area (Å²) >= 11 is 0. The number of nitrogens with zero attached hydrogens (tertiary/aromatic N) is 1. The third kappa shape index (κ3) is 7.31. The number of hydrogen-bond acceptors (Lipinski definition) is 2. The monoisotopic (exact) mass is 195 g/mol. The van der Waals surface area contributed by atoms with Crippen LogP contribution in [-0.4, -0.2) is 37.1 Å². The Kier molecular flexibility index (Phi) is 7.46. The van der Waals surface area contributed by atoms with Gasteiger partial charge in [-0.15, -0.1) is 0 Å². The Bertz CT molecular complexity index is 234. The van der Waals surface area contributed by atoms with Gasteiger partial charge in [0.05, 0.1) is 0 Å². The molecule has 3 heteroatoms. The first-order valence-corrected chi connectivity index (χ1v) is 4.47. The fourth-order valence-electron chi connectivity index (χ4n) is 0.997. The first-order valence-electron chi connectivity index (χ1n) is 4.47. The van der Waals surface area contributed by atoms with Crippen molar-refractivity contribution >= 4 is 6.47 Å². The SMILES string of the molecule is CN(C)CCc1ccccc1.O=CO. The molecule has 78 valence electrons. The Morgan fingerprint density at radius 2 is 1.79 bits per heavy atom. The highest BCUT2D eigenvalue weighted by molar-refractivity contribution is 5.32. The summed E-state index contributed by atoms with van der Waals surface area (Å²) in [5.41, 5.74) is 1.42. The van der Waals surface area contributed by atoms with Crippen LogP contribution < -0.4 is 0 Å². The second-order valence-corrected chi connectivity index (χ2v) is 3.14. The highest BCUT2D eigenvalue weighted by Crippen LogP contribution is 1.99. The predicted octanol–water partition coefficient (Wildman–Crippen LogP) is 1.49. The largest absolute Gasteiger partial charge is 0.483 e. The summed E-state index contributed by atoms with van der Waals surface area (Å²) in [5, 5.41) is 6.89. The van der Waals surface area contributed by atoms with Crippen molar-refractivity contribution in [3.05, 3.63) is 35.9 Å². The average molecular weight is 195 g/mol. The van der Waals surface area contributed by atoms with Gasteiger partial charge < -0.3 is 10.0 Å². The van der Waals surface area contributed by atoms with Crippen LogP contribution in [-0.2, 0) is 11.2 Å². The van der Waals surface area contributed by atoms with Crippen molar-refractivity contribution in [1.82, 2.24) is 4.90 Å². The van der Waals surface area contributed by atoms with Gasteiger partial charge in [-0.3, -0.25) is 4.79 Å². The van der Waals surface area contributed by atoms with Gasteiger partial charge in [0.25, 0.3) is 6.47 Å². The van der Waals surface area contributed by atoms with Gasteiger partial charge in [0.1, 0.15) is 0 Å². The molecule has 0 spiro atoms. The quantitative estimate of drug-likeness (QED) is 0.743. The number of rotatable bonds is 3. The molecule has 0 unspecified atom stereocenters. The van der Waals surface area contributed by atoms with E-state index in [9.17, 15) is 0 Å². The van der Waals surface area contributed by atoms with Gasteiger partial charge in [-0.25, -0.2) is 0 Å². The normalized spacial score (nSPS) is 9.07. The molecule has 1 aromatic rings. The molecular formula is C11H17NO2. The zero-order valence-corrected chi connectivity index (χ0v) is 8.68. The summed E-state index contributed by atoms with van der Waals surface area (Å²) in [4.78, 5) is 10.6. The minimum absolute atomic E-state index is 0.250. The summed E-state index contributed by atoms with van der Waals surface area (Å²) in [6, 6.07) is 10.6. The van der Waals surface area contributed by atoms with Crippen LogP contribution in [0.4, 0.5) is 0 Å². The van der Waals surface area contributed by atoms with E-state index in [1.54, 1.807) is 0 Å². The highest BCUT2D eigenvalue weighted by Gasteiger charge is 1.91. The molecule has 0 aromatic heterocycles. The lowest BCUT2D eigenvalue weighted by atomic mass is 10.1. The third-order valence-electron chi connectivity index (χ3n) is 1.69. The van der Waals surface area contributed by atoms with E-state index < -0.39 is 0 Å². The lowest BCUT2D eigenvalue weighted by Crippen LogP contribution is -2.14. The van der Waals surface area contributed by atoms with Crippen molar-refractivity contribution in [2.24, 2.45) is 0 Å². The number of likely N-dealkylation sites (N-methyl/N-ethyl adjacent to an activating group) is 1. The first-order chi connectivity index (χ1) is 6.70. The number of hydrogen-bond donors (Lipinski definition) is 1. The third-order valence-corrected chi connectivity index (χ3v) is 1.69. The molecule has 3 nitrogen and oxygen atoms in total. The molecule has 0 aliphatic carbocycles. The maximum Gasteiger partial charge on any atom is 0.290 e. The van der Waals surface area contributed by atoms with Crippen molar-refractivity contribution in [1.29, 1.82) is 0 Å². The van der Waals surface area contributed by atoms with Crippen LogP contribution in [0.25, 0.3) is 0 Å². The van der Waals surface area contributed by atoms with Gasteiger partial charge in [-0.05, 0) is 26.1 Å². The molecule has 0 saturated carbocycles. The molecular weight excluding hydrogens is 178 g/mol. The summed E-state index contributed by atoms with van der Waals surface area (Å²) < 4.78 is 0. The van der Waals surface area contributed by atoms with Crippen LogP contribution >= 0.6 is 0 Å². The predicted molar refractivity (Wildman–Crippen MR) is 57.4 cm³/mol. The number of carboxylic acid groups (broad SMARTS) is 1. The molecule has 1 N–H and O–H groups in total. The van der Waals surface area contributed by atoms with E-state index >= 15 is 0 Å². The first kappa shape index (κ1) is 12.7. The Morgan fingerprint density at radius 1 is 1.29 bits per heavy atom. The standard InChI is InChI=1S/C10H15N.CH2O2/c1-11(2)9-8-10-6-4-3-5-7-10;2-1-3/h3-7H,8-9H2,1-2H3;1H,(H,2,3). The Labute approximate surface area is 85.0 Å². The van der Waals surface area contributed by atoms with E-state index in [1.165, 1.54) is 5.56 Å². The molecule has 0 amide bonds. The van der Waals surface area contributed by atoms with E-state index in [1.807, 2.05) is 0 Å². The van der Waals surface area contributed by atoms with Crippen molar-refractivity contribution in [2.75, 3.05) is 20.6 Å². The Balaban J connectivity index is 0.000000500. The van der Waals surface area contributed by atoms with Crippen molar-refractivity contribution < 1.29 is 9.90 Å². The van der Waals surface area contributed by atoms with Gasteiger partial charge in [0, 0.05) is 6.54 Å². The van der Waals surface area contributed by atoms with Gasteiger partial charge in [-0.1, -0.05) is 30.3 Å². The van der Waals surface area contributed by atoms with Crippen LogP contribution in [0.5, 0.6) is 0 Å². The van der Waals surface area contributed by atoms with Crippen molar-refractivity contribution in [3.8, 4) is 0 Å². The number of carbonyl (C=O) groups is 1. The summed E-state index contributed by atoms with van der Waals surface area (Å²) in [5.74, 6) is 0. The van der Waals surface area contributed by atoms with E-state index in [-0.39, 0.29) is 6.47 Å². The van der Waals surface area contributed by atoms with Crippen LogP contribution in [0.2, 0.25) is 0 Å². The molecule has 0 bridgehead atoms. The highest BCUT2D eigenvalue weighted by atomic mass is 16.3.